The summed E-state index contributed by atoms with van der Waals surface area (Å²) in [5.41, 5.74) is 1.33. The van der Waals surface area contributed by atoms with Gasteiger partial charge in [-0.1, -0.05) is 48.9 Å². The molecule has 0 radical (unpaired) electrons. The van der Waals surface area contributed by atoms with Crippen molar-refractivity contribution >= 4 is 17.4 Å². The lowest BCUT2D eigenvalue weighted by Crippen LogP contribution is -2.38. The van der Waals surface area contributed by atoms with Gasteiger partial charge >= 0.3 is 0 Å². The van der Waals surface area contributed by atoms with E-state index < -0.39 is 0 Å². The van der Waals surface area contributed by atoms with E-state index >= 15 is 0 Å². The highest BCUT2D eigenvalue weighted by Gasteiger charge is 2.28. The fourth-order valence-electron chi connectivity index (χ4n) is 2.90. The summed E-state index contributed by atoms with van der Waals surface area (Å²) >= 11 is 5.99. The van der Waals surface area contributed by atoms with Crippen LogP contribution in [-0.2, 0) is 0 Å². The summed E-state index contributed by atoms with van der Waals surface area (Å²) in [6, 6.07) is 11.0. The molecule has 1 fully saturated rings. The molecule has 1 aliphatic rings. The molecule has 0 bridgehead atoms. The second-order valence-electron chi connectivity index (χ2n) is 5.46. The Hall–Kier alpha value is -1.61. The van der Waals surface area contributed by atoms with Crippen LogP contribution in [0.15, 0.2) is 42.7 Å². The zero-order chi connectivity index (χ0) is 13.9. The third-order valence-corrected chi connectivity index (χ3v) is 4.07. The van der Waals surface area contributed by atoms with Crippen LogP contribution in [0.3, 0.4) is 0 Å². The van der Waals surface area contributed by atoms with Crippen molar-refractivity contribution in [1.29, 1.82) is 0 Å². The second-order valence-corrected chi connectivity index (χ2v) is 5.85. The van der Waals surface area contributed by atoms with Crippen molar-refractivity contribution in [2.24, 2.45) is 5.92 Å². The van der Waals surface area contributed by atoms with E-state index in [9.17, 15) is 0 Å². The van der Waals surface area contributed by atoms with Gasteiger partial charge in [0.25, 0.3) is 0 Å². The molecule has 0 spiro atoms. The lowest BCUT2D eigenvalue weighted by molar-refractivity contribution is 0.379. The molecule has 1 aliphatic heterocycles. The van der Waals surface area contributed by atoms with Crippen LogP contribution in [0.1, 0.15) is 31.4 Å². The van der Waals surface area contributed by atoms with Gasteiger partial charge in [-0.2, -0.15) is 0 Å². The molecule has 2 atom stereocenters. The first-order valence-corrected chi connectivity index (χ1v) is 7.41. The van der Waals surface area contributed by atoms with Crippen LogP contribution in [0.5, 0.6) is 0 Å². The molecule has 4 heteroatoms. The Morgan fingerprint density at radius 3 is 2.70 bits per heavy atom. The molecule has 104 valence electrons. The average Bonchev–Trinajstić information content (AvgIpc) is 2.48. The zero-order valence-corrected chi connectivity index (χ0v) is 12.3. The molecule has 3 rings (SSSR count). The fourth-order valence-corrected chi connectivity index (χ4v) is 3.04. The summed E-state index contributed by atoms with van der Waals surface area (Å²) in [5, 5.41) is 0.451. The number of hydrogen-bond donors (Lipinski definition) is 0. The Bertz CT molecular complexity index is 573. The number of aromatic nitrogens is 2. The lowest BCUT2D eigenvalue weighted by Gasteiger charge is -2.39. The second kappa shape index (κ2) is 5.80. The smallest absolute Gasteiger partial charge is 0.149 e. The zero-order valence-electron chi connectivity index (χ0n) is 11.5. The third kappa shape index (κ3) is 2.78. The molecule has 1 aromatic carbocycles. The van der Waals surface area contributed by atoms with E-state index in [1.54, 1.807) is 12.4 Å². The Morgan fingerprint density at radius 1 is 1.15 bits per heavy atom. The number of hydrogen-bond acceptors (Lipinski definition) is 3. The van der Waals surface area contributed by atoms with Gasteiger partial charge in [-0.15, -0.1) is 0 Å². The summed E-state index contributed by atoms with van der Waals surface area (Å²) < 4.78 is 0. The molecule has 0 amide bonds. The Morgan fingerprint density at radius 2 is 1.95 bits per heavy atom. The van der Waals surface area contributed by atoms with Crippen molar-refractivity contribution in [1.82, 2.24) is 9.97 Å². The topological polar surface area (TPSA) is 29.0 Å². The van der Waals surface area contributed by atoms with Crippen LogP contribution in [0, 0.1) is 5.92 Å². The monoisotopic (exact) mass is 287 g/mol. The fraction of sp³-hybridized carbons (Fsp3) is 0.375. The quantitative estimate of drug-likeness (QED) is 0.832. The minimum absolute atomic E-state index is 0.361. The molecule has 3 nitrogen and oxygen atoms in total. The van der Waals surface area contributed by atoms with E-state index in [1.807, 2.05) is 0 Å². The molecular weight excluding hydrogens is 270 g/mol. The highest BCUT2D eigenvalue weighted by Crippen LogP contribution is 2.36. The molecule has 1 saturated heterocycles. The maximum absolute atomic E-state index is 5.99. The van der Waals surface area contributed by atoms with Gasteiger partial charge in [0.15, 0.2) is 0 Å². The number of anilines is 1. The van der Waals surface area contributed by atoms with Crippen LogP contribution >= 0.6 is 11.6 Å². The molecule has 0 N–H and O–H groups in total. The van der Waals surface area contributed by atoms with E-state index in [0.717, 1.165) is 18.8 Å². The number of nitrogens with zero attached hydrogens (tertiary/aromatic N) is 3. The van der Waals surface area contributed by atoms with Gasteiger partial charge in [0.1, 0.15) is 11.0 Å². The third-order valence-electron chi connectivity index (χ3n) is 3.89. The molecule has 2 aromatic rings. The van der Waals surface area contributed by atoms with Crippen molar-refractivity contribution in [2.45, 2.75) is 25.8 Å². The molecule has 1 aromatic heterocycles. The maximum atomic E-state index is 5.99. The van der Waals surface area contributed by atoms with Crippen molar-refractivity contribution < 1.29 is 0 Å². The normalized spacial score (nSPS) is 22.8. The molecular formula is C16H18ClN3. The Labute approximate surface area is 124 Å². The van der Waals surface area contributed by atoms with Crippen molar-refractivity contribution in [3.8, 4) is 0 Å². The summed E-state index contributed by atoms with van der Waals surface area (Å²) in [5.74, 6) is 1.54. The Kier molecular flexibility index (Phi) is 3.88. The van der Waals surface area contributed by atoms with Crippen LogP contribution in [0.4, 0.5) is 5.82 Å². The first kappa shape index (κ1) is 13.4. The predicted molar refractivity (Wildman–Crippen MR) is 82.0 cm³/mol. The van der Waals surface area contributed by atoms with Crippen LogP contribution < -0.4 is 4.90 Å². The number of halogens is 1. The average molecular weight is 288 g/mol. The molecule has 0 aliphatic carbocycles. The summed E-state index contributed by atoms with van der Waals surface area (Å²) in [7, 11) is 0. The molecule has 20 heavy (non-hydrogen) atoms. The highest BCUT2D eigenvalue weighted by molar-refractivity contribution is 6.29. The predicted octanol–water partition coefficient (Wildman–Crippen LogP) is 4.11. The largest absolute Gasteiger partial charge is 0.348 e. The van der Waals surface area contributed by atoms with E-state index in [2.05, 4.69) is 52.1 Å². The van der Waals surface area contributed by atoms with E-state index in [-0.39, 0.29) is 0 Å². The maximum Gasteiger partial charge on any atom is 0.149 e. The van der Waals surface area contributed by atoms with Gasteiger partial charge in [-0.3, -0.25) is 4.98 Å². The summed E-state index contributed by atoms with van der Waals surface area (Å²) in [6.45, 7) is 3.28. The van der Waals surface area contributed by atoms with Crippen LogP contribution in [0.2, 0.25) is 5.15 Å². The first-order valence-electron chi connectivity index (χ1n) is 7.03. The van der Waals surface area contributed by atoms with E-state index in [4.69, 9.17) is 11.6 Å². The van der Waals surface area contributed by atoms with Gasteiger partial charge in [-0.05, 0) is 24.3 Å². The van der Waals surface area contributed by atoms with Crippen LogP contribution in [-0.4, -0.2) is 16.5 Å². The SMILES string of the molecule is C[C@H]1CC[C@H](c2ccccc2)N(c2cncc(Cl)n2)C1. The van der Waals surface area contributed by atoms with Crippen molar-refractivity contribution in [3.05, 3.63) is 53.4 Å². The van der Waals surface area contributed by atoms with Crippen molar-refractivity contribution in [3.63, 3.8) is 0 Å². The Balaban J connectivity index is 1.95. The van der Waals surface area contributed by atoms with E-state index in [1.165, 1.54) is 12.0 Å². The molecule has 2 heterocycles. The first-order chi connectivity index (χ1) is 9.74. The van der Waals surface area contributed by atoms with Gasteiger partial charge < -0.3 is 4.90 Å². The highest BCUT2D eigenvalue weighted by atomic mass is 35.5. The summed E-state index contributed by atoms with van der Waals surface area (Å²) in [6.07, 6.45) is 5.76. The molecule has 0 unspecified atom stereocenters. The number of rotatable bonds is 2. The number of benzene rings is 1. The van der Waals surface area contributed by atoms with E-state index in [0.29, 0.717) is 17.1 Å². The lowest BCUT2D eigenvalue weighted by atomic mass is 9.90. The van der Waals surface area contributed by atoms with Gasteiger partial charge in [-0.25, -0.2) is 4.98 Å². The van der Waals surface area contributed by atoms with Gasteiger partial charge in [0.05, 0.1) is 18.4 Å². The molecule has 0 saturated carbocycles. The standard InChI is InChI=1S/C16H18ClN3/c1-12-7-8-14(13-5-3-2-4-6-13)20(11-12)16-10-18-9-15(17)19-16/h2-6,9-10,12,14H,7-8,11H2,1H3/t12-,14+/m0/s1. The number of piperidine rings is 1. The van der Waals surface area contributed by atoms with Crippen LogP contribution in [0.25, 0.3) is 0 Å². The minimum atomic E-state index is 0.361. The van der Waals surface area contributed by atoms with Crippen molar-refractivity contribution in [2.75, 3.05) is 11.4 Å². The van der Waals surface area contributed by atoms with Gasteiger partial charge in [0, 0.05) is 6.54 Å². The minimum Gasteiger partial charge on any atom is -0.348 e. The summed E-state index contributed by atoms with van der Waals surface area (Å²) in [4.78, 5) is 10.9. The van der Waals surface area contributed by atoms with Gasteiger partial charge in [0.2, 0.25) is 0 Å².